The van der Waals surface area contributed by atoms with Crippen LogP contribution >= 0.6 is 0 Å². The number of hydrogen-bond acceptors (Lipinski definition) is 6. The Morgan fingerprint density at radius 1 is 1.11 bits per heavy atom. The van der Waals surface area contributed by atoms with Crippen LogP contribution in [0.4, 0.5) is 0 Å². The summed E-state index contributed by atoms with van der Waals surface area (Å²) in [6.07, 6.45) is 0. The second kappa shape index (κ2) is 9.30. The molecule has 7 nitrogen and oxygen atoms in total. The molecule has 2 aromatic rings. The molecule has 1 aliphatic heterocycles. The van der Waals surface area contributed by atoms with E-state index in [1.54, 1.807) is 0 Å². The van der Waals surface area contributed by atoms with Gasteiger partial charge in [0.25, 0.3) is 0 Å². The number of amides is 1. The number of hydrogen-bond donors (Lipinski definition) is 0. The fourth-order valence-electron chi connectivity index (χ4n) is 3.34. The molecule has 1 saturated heterocycles. The molecule has 0 radical (unpaired) electrons. The van der Waals surface area contributed by atoms with Gasteiger partial charge >= 0.3 is 0 Å². The van der Waals surface area contributed by atoms with E-state index >= 15 is 0 Å². The summed E-state index contributed by atoms with van der Waals surface area (Å²) in [7, 11) is 1.89. The van der Waals surface area contributed by atoms with E-state index in [0.29, 0.717) is 19.0 Å². The van der Waals surface area contributed by atoms with E-state index in [-0.39, 0.29) is 17.9 Å². The van der Waals surface area contributed by atoms with Gasteiger partial charge in [-0.1, -0.05) is 49.3 Å². The Morgan fingerprint density at radius 2 is 1.75 bits per heavy atom. The monoisotopic (exact) mass is 385 g/mol. The predicted molar refractivity (Wildman–Crippen MR) is 108 cm³/mol. The molecule has 1 aromatic carbocycles. The highest BCUT2D eigenvalue weighted by Gasteiger charge is 2.24. The summed E-state index contributed by atoms with van der Waals surface area (Å²) in [6.45, 7) is 10.8. The Labute approximate surface area is 167 Å². The number of nitrogens with zero attached hydrogens (tertiary/aromatic N) is 5. The highest BCUT2D eigenvalue weighted by atomic mass is 16.5. The molecule has 0 aliphatic carbocycles. The average Bonchev–Trinajstić information content (AvgIpc) is 3.18. The SMILES string of the molecule is CC(C)c1noc(CN2CCN(CC(=O)N(C)C(C)c3ccccc3)CC2)n1. The van der Waals surface area contributed by atoms with E-state index in [2.05, 4.69) is 52.8 Å². The Balaban J connectivity index is 1.45. The first-order valence-corrected chi connectivity index (χ1v) is 10.0. The normalized spacial score (nSPS) is 17.0. The number of piperazine rings is 1. The van der Waals surface area contributed by atoms with Crippen LogP contribution in [0.25, 0.3) is 0 Å². The molecule has 0 saturated carbocycles. The lowest BCUT2D eigenvalue weighted by atomic mass is 10.1. The smallest absolute Gasteiger partial charge is 0.240 e. The summed E-state index contributed by atoms with van der Waals surface area (Å²) in [5.41, 5.74) is 1.16. The van der Waals surface area contributed by atoms with Crippen molar-refractivity contribution in [1.29, 1.82) is 0 Å². The second-order valence-electron chi connectivity index (χ2n) is 7.84. The third-order valence-corrected chi connectivity index (χ3v) is 5.44. The zero-order chi connectivity index (χ0) is 20.1. The van der Waals surface area contributed by atoms with E-state index in [4.69, 9.17) is 4.52 Å². The lowest BCUT2D eigenvalue weighted by Crippen LogP contribution is -2.49. The summed E-state index contributed by atoms with van der Waals surface area (Å²) in [5, 5.41) is 4.02. The van der Waals surface area contributed by atoms with Gasteiger partial charge in [-0.15, -0.1) is 0 Å². The molecular formula is C21H31N5O2. The summed E-state index contributed by atoms with van der Waals surface area (Å²) in [6, 6.07) is 10.2. The number of likely N-dealkylation sites (N-methyl/N-ethyl adjacent to an activating group) is 1. The molecule has 1 aromatic heterocycles. The van der Waals surface area contributed by atoms with Crippen molar-refractivity contribution in [3.63, 3.8) is 0 Å². The fourth-order valence-corrected chi connectivity index (χ4v) is 3.34. The number of rotatable bonds is 7. The zero-order valence-electron chi connectivity index (χ0n) is 17.3. The van der Waals surface area contributed by atoms with Crippen molar-refractivity contribution in [2.75, 3.05) is 39.8 Å². The Morgan fingerprint density at radius 3 is 2.36 bits per heavy atom. The van der Waals surface area contributed by atoms with Gasteiger partial charge in [-0.2, -0.15) is 4.98 Å². The molecule has 1 aliphatic rings. The maximum Gasteiger partial charge on any atom is 0.240 e. The Kier molecular flexibility index (Phi) is 6.80. The van der Waals surface area contributed by atoms with Gasteiger partial charge in [-0.05, 0) is 12.5 Å². The number of aromatic nitrogens is 2. The van der Waals surface area contributed by atoms with Crippen molar-refractivity contribution < 1.29 is 9.32 Å². The van der Waals surface area contributed by atoms with Crippen LogP contribution in [0.1, 0.15) is 50.0 Å². The highest BCUT2D eigenvalue weighted by molar-refractivity contribution is 5.78. The third kappa shape index (κ3) is 5.17. The first-order valence-electron chi connectivity index (χ1n) is 10.0. The van der Waals surface area contributed by atoms with Gasteiger partial charge in [0.05, 0.1) is 19.1 Å². The zero-order valence-corrected chi connectivity index (χ0v) is 17.3. The van der Waals surface area contributed by atoms with Crippen LogP contribution in [0.5, 0.6) is 0 Å². The van der Waals surface area contributed by atoms with Crippen molar-refractivity contribution in [1.82, 2.24) is 24.8 Å². The minimum Gasteiger partial charge on any atom is -0.338 e. The van der Waals surface area contributed by atoms with Crippen LogP contribution in [0.2, 0.25) is 0 Å². The number of carbonyl (C=O) groups excluding carboxylic acids is 1. The largest absolute Gasteiger partial charge is 0.338 e. The van der Waals surface area contributed by atoms with Crippen LogP contribution in [-0.2, 0) is 11.3 Å². The van der Waals surface area contributed by atoms with Crippen molar-refractivity contribution in [3.05, 3.63) is 47.6 Å². The molecule has 28 heavy (non-hydrogen) atoms. The second-order valence-corrected chi connectivity index (χ2v) is 7.84. The summed E-state index contributed by atoms with van der Waals surface area (Å²) in [4.78, 5) is 23.5. The lowest BCUT2D eigenvalue weighted by Gasteiger charge is -2.35. The van der Waals surface area contributed by atoms with Gasteiger partial charge in [0, 0.05) is 39.1 Å². The summed E-state index contributed by atoms with van der Waals surface area (Å²) in [5.74, 6) is 1.86. The van der Waals surface area contributed by atoms with E-state index in [1.165, 1.54) is 0 Å². The molecule has 0 spiro atoms. The van der Waals surface area contributed by atoms with Crippen LogP contribution < -0.4 is 0 Å². The minimum absolute atomic E-state index is 0.0719. The van der Waals surface area contributed by atoms with Gasteiger partial charge in [0.2, 0.25) is 11.8 Å². The number of benzene rings is 1. The molecule has 3 rings (SSSR count). The molecule has 1 fully saturated rings. The van der Waals surface area contributed by atoms with Crippen LogP contribution in [-0.4, -0.2) is 70.5 Å². The standard InChI is InChI=1S/C21H31N5O2/c1-16(2)21-22-19(28-23-21)14-25-10-12-26(13-11-25)15-20(27)24(4)17(3)18-8-6-5-7-9-18/h5-9,16-17H,10-15H2,1-4H3. The highest BCUT2D eigenvalue weighted by Crippen LogP contribution is 2.18. The molecule has 0 N–H and O–H groups in total. The maximum absolute atomic E-state index is 12.7. The van der Waals surface area contributed by atoms with Crippen LogP contribution in [0, 0.1) is 0 Å². The number of carbonyl (C=O) groups is 1. The average molecular weight is 386 g/mol. The van der Waals surface area contributed by atoms with E-state index in [1.807, 2.05) is 30.1 Å². The minimum atomic E-state index is 0.0719. The Hall–Kier alpha value is -2.25. The quantitative estimate of drug-likeness (QED) is 0.730. The molecule has 1 atom stereocenters. The van der Waals surface area contributed by atoms with Crippen LogP contribution in [0.15, 0.2) is 34.9 Å². The fraction of sp³-hybridized carbons (Fsp3) is 0.571. The van der Waals surface area contributed by atoms with Gasteiger partial charge < -0.3 is 9.42 Å². The third-order valence-electron chi connectivity index (χ3n) is 5.44. The summed E-state index contributed by atoms with van der Waals surface area (Å²) < 4.78 is 5.34. The van der Waals surface area contributed by atoms with Gasteiger partial charge in [0.15, 0.2) is 5.82 Å². The van der Waals surface area contributed by atoms with Crippen molar-refractivity contribution in [2.45, 2.75) is 39.3 Å². The topological polar surface area (TPSA) is 65.7 Å². The molecule has 152 valence electrons. The molecule has 1 unspecified atom stereocenters. The summed E-state index contributed by atoms with van der Waals surface area (Å²) >= 11 is 0. The maximum atomic E-state index is 12.7. The van der Waals surface area contributed by atoms with Gasteiger partial charge in [-0.3, -0.25) is 14.6 Å². The first-order chi connectivity index (χ1) is 13.4. The van der Waals surface area contributed by atoms with E-state index in [9.17, 15) is 4.79 Å². The lowest BCUT2D eigenvalue weighted by molar-refractivity contribution is -0.133. The van der Waals surface area contributed by atoms with E-state index in [0.717, 1.165) is 37.6 Å². The Bertz CT molecular complexity index is 753. The molecular weight excluding hydrogens is 354 g/mol. The van der Waals surface area contributed by atoms with Gasteiger partial charge in [-0.25, -0.2) is 0 Å². The van der Waals surface area contributed by atoms with Crippen molar-refractivity contribution in [2.24, 2.45) is 0 Å². The van der Waals surface area contributed by atoms with Crippen molar-refractivity contribution >= 4 is 5.91 Å². The van der Waals surface area contributed by atoms with Crippen LogP contribution in [0.3, 0.4) is 0 Å². The molecule has 2 heterocycles. The van der Waals surface area contributed by atoms with E-state index < -0.39 is 0 Å². The van der Waals surface area contributed by atoms with Gasteiger partial charge in [0.1, 0.15) is 0 Å². The molecule has 0 bridgehead atoms. The first kappa shape index (κ1) is 20.5. The molecule has 1 amide bonds. The molecule has 7 heteroatoms. The predicted octanol–water partition coefficient (Wildman–Crippen LogP) is 2.53. The van der Waals surface area contributed by atoms with Crippen molar-refractivity contribution in [3.8, 4) is 0 Å².